The van der Waals surface area contributed by atoms with Crippen LogP contribution in [0.5, 0.6) is 0 Å². The number of benzene rings is 1. The molecule has 8 nitrogen and oxygen atoms in total. The zero-order chi connectivity index (χ0) is 24.5. The fourth-order valence-corrected chi connectivity index (χ4v) is 4.00. The van der Waals surface area contributed by atoms with Crippen molar-refractivity contribution in [2.75, 3.05) is 26.2 Å². The smallest absolute Gasteiger partial charge is 0.361 e. The summed E-state index contributed by atoms with van der Waals surface area (Å²) >= 11 is 0. The zero-order valence-electron chi connectivity index (χ0n) is 18.7. The molecule has 1 saturated heterocycles. The number of hydrogen-bond acceptors (Lipinski definition) is 7. The average molecular weight is 481 g/mol. The fraction of sp³-hybridized carbons (Fsp3) is 0.455. The molecule has 0 saturated carbocycles. The third kappa shape index (κ3) is 5.11. The number of carbonyl (C=O) groups is 1. The molecule has 0 N–H and O–H groups in total. The molecule has 3 heterocycles. The normalized spacial score (nSPS) is 15.5. The van der Waals surface area contributed by atoms with Crippen LogP contribution in [0, 0.1) is 19.7 Å². The van der Waals surface area contributed by atoms with Gasteiger partial charge in [-0.15, -0.1) is 0 Å². The Hall–Kier alpha value is -3.28. The maximum Gasteiger partial charge on any atom is 0.419 e. The minimum atomic E-state index is -4.81. The van der Waals surface area contributed by atoms with Gasteiger partial charge in [0.05, 0.1) is 24.2 Å². The largest absolute Gasteiger partial charge is 0.419 e. The van der Waals surface area contributed by atoms with Crippen molar-refractivity contribution in [3.05, 3.63) is 52.4 Å². The Balaban J connectivity index is 1.36. The molecule has 1 fully saturated rings. The Bertz CT molecular complexity index is 1150. The van der Waals surface area contributed by atoms with Crippen LogP contribution in [0.25, 0.3) is 11.5 Å². The van der Waals surface area contributed by atoms with Crippen LogP contribution in [0.15, 0.2) is 27.2 Å². The van der Waals surface area contributed by atoms with E-state index < -0.39 is 29.9 Å². The van der Waals surface area contributed by atoms with Crippen LogP contribution in [0.3, 0.4) is 0 Å². The third-order valence-electron chi connectivity index (χ3n) is 5.75. The van der Waals surface area contributed by atoms with E-state index in [-0.39, 0.29) is 5.56 Å². The van der Waals surface area contributed by atoms with Crippen LogP contribution >= 0.6 is 0 Å². The number of aromatic nitrogens is 3. The lowest BCUT2D eigenvalue weighted by Gasteiger charge is -2.22. The molecule has 0 bridgehead atoms. The van der Waals surface area contributed by atoms with Gasteiger partial charge < -0.3 is 13.9 Å². The second kappa shape index (κ2) is 9.53. The number of alkyl halides is 3. The topological polar surface area (TPSA) is 88.5 Å². The predicted octanol–water partition coefficient (Wildman–Crippen LogP) is 3.78. The Kier molecular flexibility index (Phi) is 6.69. The summed E-state index contributed by atoms with van der Waals surface area (Å²) in [6, 6.07) is 2.99. The molecule has 0 spiro atoms. The number of nitrogens with zero attached hydrogens (tertiary/aromatic N) is 5. The number of halogens is 4. The monoisotopic (exact) mass is 481 g/mol. The minimum Gasteiger partial charge on any atom is -0.361 e. The second-order valence-corrected chi connectivity index (χ2v) is 8.18. The van der Waals surface area contributed by atoms with Crippen molar-refractivity contribution in [3.8, 4) is 11.5 Å². The fourth-order valence-electron chi connectivity index (χ4n) is 4.00. The van der Waals surface area contributed by atoms with Gasteiger partial charge >= 0.3 is 6.18 Å². The van der Waals surface area contributed by atoms with Crippen molar-refractivity contribution in [1.29, 1.82) is 0 Å². The van der Waals surface area contributed by atoms with Crippen LogP contribution in [0.2, 0.25) is 0 Å². The lowest BCUT2D eigenvalue weighted by molar-refractivity contribution is -0.140. The van der Waals surface area contributed by atoms with Crippen molar-refractivity contribution in [3.63, 3.8) is 0 Å². The lowest BCUT2D eigenvalue weighted by Crippen LogP contribution is -2.36. The van der Waals surface area contributed by atoms with Crippen molar-refractivity contribution in [1.82, 2.24) is 25.1 Å². The van der Waals surface area contributed by atoms with Gasteiger partial charge in [-0.2, -0.15) is 18.2 Å². The van der Waals surface area contributed by atoms with Gasteiger partial charge in [-0.1, -0.05) is 22.4 Å². The van der Waals surface area contributed by atoms with E-state index in [9.17, 15) is 22.4 Å². The summed E-state index contributed by atoms with van der Waals surface area (Å²) in [7, 11) is 0. The van der Waals surface area contributed by atoms with Crippen molar-refractivity contribution >= 4 is 5.91 Å². The van der Waals surface area contributed by atoms with Gasteiger partial charge in [-0.05, 0) is 31.9 Å². The number of rotatable bonds is 5. The summed E-state index contributed by atoms with van der Waals surface area (Å²) < 4.78 is 63.6. The molecule has 0 radical (unpaired) electrons. The predicted molar refractivity (Wildman–Crippen MR) is 111 cm³/mol. The Morgan fingerprint density at radius 3 is 2.59 bits per heavy atom. The summed E-state index contributed by atoms with van der Waals surface area (Å²) in [5, 5.41) is 7.89. The highest BCUT2D eigenvalue weighted by Gasteiger charge is 2.35. The Labute approximate surface area is 192 Å². The van der Waals surface area contributed by atoms with Crippen LogP contribution in [-0.4, -0.2) is 57.2 Å². The Morgan fingerprint density at radius 2 is 1.88 bits per heavy atom. The van der Waals surface area contributed by atoms with E-state index in [0.717, 1.165) is 6.07 Å². The number of carbonyl (C=O) groups excluding carboxylic acids is 1. The van der Waals surface area contributed by atoms with Gasteiger partial charge in [0.25, 0.3) is 5.89 Å². The molecular formula is C22H23F4N5O3. The summed E-state index contributed by atoms with van der Waals surface area (Å²) in [5.41, 5.74) is -0.322. The summed E-state index contributed by atoms with van der Waals surface area (Å²) in [6.07, 6.45) is -4.60. The first-order chi connectivity index (χ1) is 16.1. The van der Waals surface area contributed by atoms with Crippen LogP contribution < -0.4 is 0 Å². The number of aryl methyl sites for hydroxylation is 2. The van der Waals surface area contributed by atoms with E-state index in [1.54, 1.807) is 18.7 Å². The van der Waals surface area contributed by atoms with Gasteiger partial charge in [0.2, 0.25) is 5.91 Å². The van der Waals surface area contributed by atoms with E-state index in [2.05, 4.69) is 20.2 Å². The second-order valence-electron chi connectivity index (χ2n) is 8.18. The van der Waals surface area contributed by atoms with Gasteiger partial charge in [0, 0.05) is 26.2 Å². The average Bonchev–Trinajstić information content (AvgIpc) is 3.26. The Morgan fingerprint density at radius 1 is 1.09 bits per heavy atom. The molecule has 2 aromatic heterocycles. The lowest BCUT2D eigenvalue weighted by atomic mass is 10.1. The molecule has 34 heavy (non-hydrogen) atoms. The molecule has 1 aromatic carbocycles. The van der Waals surface area contributed by atoms with Crippen LogP contribution in [-0.2, 0) is 23.9 Å². The molecule has 4 rings (SSSR count). The van der Waals surface area contributed by atoms with E-state index >= 15 is 0 Å². The molecule has 182 valence electrons. The highest BCUT2D eigenvalue weighted by Crippen LogP contribution is 2.32. The van der Waals surface area contributed by atoms with E-state index in [4.69, 9.17) is 9.05 Å². The van der Waals surface area contributed by atoms with Crippen LogP contribution in [0.4, 0.5) is 17.6 Å². The SMILES string of the molecule is Cc1noc(C)c1-c1nc(CN2CCCN(C(=O)Cc3cccc(C(F)(F)F)c3F)CC2)no1. The molecule has 0 unspecified atom stereocenters. The van der Waals surface area contributed by atoms with Crippen LogP contribution in [0.1, 0.15) is 34.8 Å². The quantitative estimate of drug-likeness (QED) is 0.513. The maximum atomic E-state index is 14.3. The third-order valence-corrected chi connectivity index (χ3v) is 5.75. The first-order valence-electron chi connectivity index (χ1n) is 10.7. The molecule has 0 aliphatic carbocycles. The summed E-state index contributed by atoms with van der Waals surface area (Å²) in [4.78, 5) is 20.7. The van der Waals surface area contributed by atoms with E-state index in [1.807, 2.05) is 0 Å². The summed E-state index contributed by atoms with van der Waals surface area (Å²) in [6.45, 7) is 5.88. The van der Waals surface area contributed by atoms with Crippen molar-refractivity contribution in [2.24, 2.45) is 0 Å². The first kappa shape index (κ1) is 23.9. The first-order valence-corrected chi connectivity index (χ1v) is 10.7. The number of amides is 1. The van der Waals surface area contributed by atoms with Crippen molar-refractivity contribution < 1.29 is 31.4 Å². The molecule has 1 amide bonds. The minimum absolute atomic E-state index is 0.264. The number of hydrogen-bond donors (Lipinski definition) is 0. The van der Waals surface area contributed by atoms with Gasteiger partial charge in [0.15, 0.2) is 5.82 Å². The highest BCUT2D eigenvalue weighted by atomic mass is 19.4. The van der Waals surface area contributed by atoms with Crippen molar-refractivity contribution in [2.45, 2.75) is 39.4 Å². The van der Waals surface area contributed by atoms with Gasteiger partial charge in [0.1, 0.15) is 17.1 Å². The molecule has 1 aliphatic heterocycles. The molecule has 12 heteroatoms. The molecular weight excluding hydrogens is 458 g/mol. The van der Waals surface area contributed by atoms with Gasteiger partial charge in [-0.3, -0.25) is 9.69 Å². The van der Waals surface area contributed by atoms with Gasteiger partial charge in [-0.25, -0.2) is 4.39 Å². The summed E-state index contributed by atoms with van der Waals surface area (Å²) in [5.74, 6) is -0.443. The molecule has 0 atom stereocenters. The highest BCUT2D eigenvalue weighted by molar-refractivity contribution is 5.79. The zero-order valence-corrected chi connectivity index (χ0v) is 18.7. The standard InChI is InChI=1S/C22H23F4N5O3/c1-13-19(14(2)33-28-13)21-27-17(29-34-21)12-30-7-4-8-31(10-9-30)18(32)11-15-5-3-6-16(20(15)23)22(24,25)26/h3,5-6H,4,7-12H2,1-2H3. The van der Waals surface area contributed by atoms with E-state index in [0.29, 0.717) is 73.9 Å². The molecule has 1 aliphatic rings. The maximum absolute atomic E-state index is 14.3. The van der Waals surface area contributed by atoms with E-state index in [1.165, 1.54) is 6.07 Å². The molecule has 3 aromatic rings.